The molecule has 0 aromatic rings. The van der Waals surface area contributed by atoms with E-state index < -0.39 is 0 Å². The first-order valence-corrected chi connectivity index (χ1v) is 4.78. The van der Waals surface area contributed by atoms with Crippen molar-refractivity contribution in [1.29, 1.82) is 0 Å². The monoisotopic (exact) mass is 181 g/mol. The van der Waals surface area contributed by atoms with Gasteiger partial charge in [-0.25, -0.2) is 0 Å². The molecule has 1 N–H and O–H groups in total. The van der Waals surface area contributed by atoms with Crippen molar-refractivity contribution in [1.82, 2.24) is 4.90 Å². The second kappa shape index (κ2) is 3.24. The number of carbonyl (C=O) groups excluding carboxylic acids is 1. The molecule has 3 heteroatoms. The molecule has 2 aliphatic rings. The maximum atomic E-state index is 11.3. The van der Waals surface area contributed by atoms with E-state index >= 15 is 0 Å². The van der Waals surface area contributed by atoms with E-state index in [1.54, 1.807) is 0 Å². The first-order valence-electron chi connectivity index (χ1n) is 4.78. The summed E-state index contributed by atoms with van der Waals surface area (Å²) in [6.45, 7) is 4.48. The molecule has 72 valence electrons. The Bertz CT molecular complexity index is 239. The van der Waals surface area contributed by atoms with E-state index in [2.05, 4.69) is 11.5 Å². The van der Waals surface area contributed by atoms with Gasteiger partial charge in [-0.05, 0) is 6.42 Å². The van der Waals surface area contributed by atoms with Crippen molar-refractivity contribution in [3.63, 3.8) is 0 Å². The Labute approximate surface area is 78.0 Å². The van der Waals surface area contributed by atoms with Crippen LogP contribution in [0.4, 0.5) is 0 Å². The second-order valence-corrected chi connectivity index (χ2v) is 3.96. The number of carbonyl (C=O) groups is 1. The van der Waals surface area contributed by atoms with Crippen molar-refractivity contribution in [2.24, 2.45) is 0 Å². The highest BCUT2D eigenvalue weighted by atomic mass is 16.3. The lowest BCUT2D eigenvalue weighted by atomic mass is 10.0. The van der Waals surface area contributed by atoms with E-state index in [-0.39, 0.29) is 18.2 Å². The third-order valence-electron chi connectivity index (χ3n) is 3.09. The Morgan fingerprint density at radius 1 is 1.62 bits per heavy atom. The van der Waals surface area contributed by atoms with Crippen molar-refractivity contribution in [2.75, 3.05) is 6.54 Å². The van der Waals surface area contributed by atoms with Crippen LogP contribution in [0.15, 0.2) is 12.7 Å². The number of fused-ring (bicyclic) bond motifs is 2. The second-order valence-electron chi connectivity index (χ2n) is 3.96. The van der Waals surface area contributed by atoms with Crippen LogP contribution in [-0.2, 0) is 4.79 Å². The lowest BCUT2D eigenvalue weighted by molar-refractivity contribution is -0.124. The summed E-state index contributed by atoms with van der Waals surface area (Å²) in [6, 6.07) is 0.323. The van der Waals surface area contributed by atoms with E-state index in [0.29, 0.717) is 18.6 Å². The maximum absolute atomic E-state index is 11.3. The molecule has 0 radical (unpaired) electrons. The van der Waals surface area contributed by atoms with Gasteiger partial charge in [-0.1, -0.05) is 6.08 Å². The number of Topliss-reactive ketones (excluding diaryl/α,β-unsaturated/α-hetero) is 1. The number of ketones is 1. The van der Waals surface area contributed by atoms with E-state index in [1.165, 1.54) is 0 Å². The smallest absolute Gasteiger partial charge is 0.136 e. The minimum absolute atomic E-state index is 0.0595. The Kier molecular flexibility index (Phi) is 2.22. The van der Waals surface area contributed by atoms with Gasteiger partial charge in [-0.3, -0.25) is 9.69 Å². The molecule has 0 aliphatic carbocycles. The largest absolute Gasteiger partial charge is 0.391 e. The SMILES string of the molecule is C=CCN1[C@H]2CC(=O)C[C@@H]1[C@@H](O)C2. The summed E-state index contributed by atoms with van der Waals surface area (Å²) < 4.78 is 0. The maximum Gasteiger partial charge on any atom is 0.136 e. The van der Waals surface area contributed by atoms with Gasteiger partial charge in [-0.2, -0.15) is 0 Å². The van der Waals surface area contributed by atoms with Crippen LogP contribution in [0.2, 0.25) is 0 Å². The fourth-order valence-corrected chi connectivity index (χ4v) is 2.53. The van der Waals surface area contributed by atoms with Crippen molar-refractivity contribution in [3.8, 4) is 0 Å². The van der Waals surface area contributed by atoms with Crippen LogP contribution in [0.3, 0.4) is 0 Å². The van der Waals surface area contributed by atoms with Crippen molar-refractivity contribution in [3.05, 3.63) is 12.7 Å². The standard InChI is InChI=1S/C10H15NO2/c1-2-3-11-7-4-8(12)6-9(11)10(13)5-7/h2,7,9-10,13H,1,3-6H2/t7-,9+,10-/m0/s1. The zero-order valence-electron chi connectivity index (χ0n) is 7.65. The van der Waals surface area contributed by atoms with Crippen LogP contribution in [0.25, 0.3) is 0 Å². The number of nitrogens with zero attached hydrogens (tertiary/aromatic N) is 1. The Morgan fingerprint density at radius 3 is 3.00 bits per heavy atom. The van der Waals surface area contributed by atoms with Crippen molar-refractivity contribution in [2.45, 2.75) is 37.5 Å². The molecule has 0 aromatic carbocycles. The fraction of sp³-hybridized carbons (Fsp3) is 0.700. The number of aliphatic hydroxyl groups is 1. The predicted molar refractivity (Wildman–Crippen MR) is 49.3 cm³/mol. The molecule has 0 saturated carbocycles. The topological polar surface area (TPSA) is 40.5 Å². The molecule has 2 aliphatic heterocycles. The molecule has 13 heavy (non-hydrogen) atoms. The van der Waals surface area contributed by atoms with E-state index in [9.17, 15) is 9.90 Å². The van der Waals surface area contributed by atoms with Gasteiger partial charge in [0.15, 0.2) is 0 Å². The molecule has 2 fully saturated rings. The molecule has 0 spiro atoms. The number of aliphatic hydroxyl groups excluding tert-OH is 1. The highest BCUT2D eigenvalue weighted by Gasteiger charge is 2.44. The van der Waals surface area contributed by atoms with Gasteiger partial charge in [0.05, 0.1) is 6.10 Å². The first kappa shape index (κ1) is 8.91. The third kappa shape index (κ3) is 1.42. The molecule has 0 amide bonds. The van der Waals surface area contributed by atoms with Crippen LogP contribution >= 0.6 is 0 Å². The lowest BCUT2D eigenvalue weighted by Crippen LogP contribution is -2.45. The highest BCUT2D eigenvalue weighted by molar-refractivity contribution is 5.81. The first-order chi connectivity index (χ1) is 6.22. The van der Waals surface area contributed by atoms with Gasteiger partial charge in [0.1, 0.15) is 5.78 Å². The zero-order chi connectivity index (χ0) is 9.42. The minimum atomic E-state index is -0.309. The molecule has 2 bridgehead atoms. The van der Waals surface area contributed by atoms with Gasteiger partial charge in [0, 0.05) is 31.5 Å². The summed E-state index contributed by atoms with van der Waals surface area (Å²) >= 11 is 0. The van der Waals surface area contributed by atoms with Gasteiger partial charge >= 0.3 is 0 Å². The lowest BCUT2D eigenvalue weighted by Gasteiger charge is -2.33. The fourth-order valence-electron chi connectivity index (χ4n) is 2.53. The van der Waals surface area contributed by atoms with Crippen LogP contribution in [0, 0.1) is 0 Å². The predicted octanol–water partition coefficient (Wildman–Crippen LogP) is 0.339. The normalized spacial score (nSPS) is 39.5. The minimum Gasteiger partial charge on any atom is -0.391 e. The van der Waals surface area contributed by atoms with Gasteiger partial charge < -0.3 is 5.11 Å². The summed E-state index contributed by atoms with van der Waals surface area (Å²) in [5, 5.41) is 9.69. The Balaban J connectivity index is 2.14. The van der Waals surface area contributed by atoms with Crippen LogP contribution in [-0.4, -0.2) is 40.5 Å². The molecule has 2 rings (SSSR count). The summed E-state index contributed by atoms with van der Waals surface area (Å²) in [5.74, 6) is 0.298. The van der Waals surface area contributed by atoms with Gasteiger partial charge in [0.25, 0.3) is 0 Å². The summed E-state index contributed by atoms with van der Waals surface area (Å²) in [4.78, 5) is 13.5. The summed E-state index contributed by atoms with van der Waals surface area (Å²) in [5.41, 5.74) is 0. The van der Waals surface area contributed by atoms with Crippen molar-refractivity contribution >= 4 is 5.78 Å². The summed E-state index contributed by atoms with van der Waals surface area (Å²) in [6.07, 6.45) is 3.42. The van der Waals surface area contributed by atoms with Crippen molar-refractivity contribution < 1.29 is 9.90 Å². The zero-order valence-corrected chi connectivity index (χ0v) is 7.65. The average Bonchev–Trinajstić information content (AvgIpc) is 2.28. The number of piperidine rings is 1. The van der Waals surface area contributed by atoms with Crippen LogP contribution < -0.4 is 0 Å². The number of hydrogen-bond acceptors (Lipinski definition) is 3. The average molecular weight is 181 g/mol. The molecule has 3 nitrogen and oxygen atoms in total. The summed E-state index contributed by atoms with van der Waals surface area (Å²) in [7, 11) is 0. The van der Waals surface area contributed by atoms with Gasteiger partial charge in [0.2, 0.25) is 0 Å². The molecule has 3 atom stereocenters. The van der Waals surface area contributed by atoms with Gasteiger partial charge in [-0.15, -0.1) is 6.58 Å². The van der Waals surface area contributed by atoms with Crippen LogP contribution in [0.5, 0.6) is 0 Å². The Hall–Kier alpha value is -0.670. The molecule has 2 saturated heterocycles. The highest BCUT2D eigenvalue weighted by Crippen LogP contribution is 2.33. The van der Waals surface area contributed by atoms with E-state index in [4.69, 9.17) is 0 Å². The van der Waals surface area contributed by atoms with Crippen LogP contribution in [0.1, 0.15) is 19.3 Å². The molecular weight excluding hydrogens is 166 g/mol. The number of hydrogen-bond donors (Lipinski definition) is 1. The molecule has 0 aromatic heterocycles. The molecule has 0 unspecified atom stereocenters. The molecule has 2 heterocycles. The quantitative estimate of drug-likeness (QED) is 0.624. The molecular formula is C10H15NO2. The Morgan fingerprint density at radius 2 is 2.38 bits per heavy atom. The number of rotatable bonds is 2. The van der Waals surface area contributed by atoms with E-state index in [0.717, 1.165) is 13.0 Å². The third-order valence-corrected chi connectivity index (χ3v) is 3.09. The van der Waals surface area contributed by atoms with E-state index in [1.807, 2.05) is 6.08 Å².